The fourth-order valence-corrected chi connectivity index (χ4v) is 2.45. The number of pyridine rings is 1. The van der Waals surface area contributed by atoms with E-state index in [0.29, 0.717) is 28.2 Å². The molecule has 0 aliphatic rings. The van der Waals surface area contributed by atoms with Crippen molar-refractivity contribution in [1.29, 1.82) is 0 Å². The normalized spacial score (nSPS) is 11.4. The third-order valence-electron chi connectivity index (χ3n) is 3.72. The minimum atomic E-state index is -4.41. The molecule has 5 nitrogen and oxygen atoms in total. The van der Waals surface area contributed by atoms with E-state index in [1.807, 2.05) is 0 Å². The van der Waals surface area contributed by atoms with E-state index in [9.17, 15) is 18.0 Å². The van der Waals surface area contributed by atoms with Crippen LogP contribution in [0, 0.1) is 0 Å². The lowest BCUT2D eigenvalue weighted by Gasteiger charge is -2.12. The lowest BCUT2D eigenvalue weighted by molar-refractivity contribution is -0.137. The molecule has 2 aromatic carbocycles. The van der Waals surface area contributed by atoms with Crippen molar-refractivity contribution in [3.63, 3.8) is 0 Å². The Morgan fingerprint density at radius 1 is 1.12 bits per heavy atom. The van der Waals surface area contributed by atoms with Gasteiger partial charge in [0, 0.05) is 17.1 Å². The number of nitrogens with one attached hydrogen (secondary N) is 1. The summed E-state index contributed by atoms with van der Waals surface area (Å²) in [5.41, 5.74) is 0.108. The number of benzene rings is 2. The lowest BCUT2D eigenvalue weighted by Crippen LogP contribution is -2.04. The zero-order chi connectivity index (χ0) is 18.9. The summed E-state index contributed by atoms with van der Waals surface area (Å²) in [6.07, 6.45) is -4.41. The molecule has 2 N–H and O–H groups in total. The second-order valence-corrected chi connectivity index (χ2v) is 5.45. The van der Waals surface area contributed by atoms with Crippen LogP contribution in [0.2, 0.25) is 0 Å². The first-order valence-corrected chi connectivity index (χ1v) is 7.44. The Balaban J connectivity index is 1.98. The number of carboxylic acids is 1. The number of anilines is 2. The van der Waals surface area contributed by atoms with Crippen molar-refractivity contribution in [2.24, 2.45) is 0 Å². The molecule has 3 rings (SSSR count). The molecule has 0 unspecified atom stereocenters. The van der Waals surface area contributed by atoms with E-state index in [4.69, 9.17) is 9.84 Å². The van der Waals surface area contributed by atoms with Crippen molar-refractivity contribution < 1.29 is 27.8 Å². The first-order valence-electron chi connectivity index (χ1n) is 7.44. The summed E-state index contributed by atoms with van der Waals surface area (Å²) in [7, 11) is 1.46. The first-order chi connectivity index (χ1) is 12.3. The molecule has 26 heavy (non-hydrogen) atoms. The number of rotatable bonds is 4. The molecule has 0 atom stereocenters. The number of ether oxygens (including phenoxy) is 1. The Kier molecular flexibility index (Phi) is 4.41. The second kappa shape index (κ2) is 6.55. The van der Waals surface area contributed by atoms with Crippen molar-refractivity contribution in [1.82, 2.24) is 4.98 Å². The zero-order valence-electron chi connectivity index (χ0n) is 13.5. The molecular weight excluding hydrogens is 349 g/mol. The Morgan fingerprint density at radius 2 is 1.81 bits per heavy atom. The summed E-state index contributed by atoms with van der Waals surface area (Å²) in [6, 6.07) is 10.5. The third-order valence-corrected chi connectivity index (χ3v) is 3.72. The summed E-state index contributed by atoms with van der Waals surface area (Å²) in [6.45, 7) is 0. The monoisotopic (exact) mass is 362 g/mol. The van der Waals surface area contributed by atoms with E-state index in [-0.39, 0.29) is 5.56 Å². The van der Waals surface area contributed by atoms with Crippen molar-refractivity contribution in [3.8, 4) is 5.75 Å². The van der Waals surface area contributed by atoms with Gasteiger partial charge >= 0.3 is 12.1 Å². The van der Waals surface area contributed by atoms with Gasteiger partial charge in [0.25, 0.3) is 0 Å². The van der Waals surface area contributed by atoms with E-state index in [2.05, 4.69) is 10.3 Å². The molecule has 1 aromatic heterocycles. The number of carboxylic acid groups (broad SMARTS) is 1. The topological polar surface area (TPSA) is 71.5 Å². The number of hydrogen-bond acceptors (Lipinski definition) is 4. The number of aromatic carboxylic acids is 1. The predicted octanol–water partition coefficient (Wildman–Crippen LogP) is 4.70. The molecule has 0 bridgehead atoms. The molecule has 0 saturated carbocycles. The molecule has 3 aromatic rings. The maximum atomic E-state index is 12.6. The van der Waals surface area contributed by atoms with Crippen LogP contribution >= 0.6 is 0 Å². The van der Waals surface area contributed by atoms with Crippen molar-refractivity contribution in [2.45, 2.75) is 6.18 Å². The van der Waals surface area contributed by atoms with Gasteiger partial charge in [-0.25, -0.2) is 9.78 Å². The van der Waals surface area contributed by atoms with Crippen LogP contribution in [-0.4, -0.2) is 23.2 Å². The zero-order valence-corrected chi connectivity index (χ0v) is 13.5. The van der Waals surface area contributed by atoms with Crippen LogP contribution in [0.1, 0.15) is 15.9 Å². The minimum Gasteiger partial charge on any atom is -0.496 e. The van der Waals surface area contributed by atoms with Crippen molar-refractivity contribution >= 4 is 28.4 Å². The summed E-state index contributed by atoms with van der Waals surface area (Å²) < 4.78 is 43.2. The highest BCUT2D eigenvalue weighted by molar-refractivity contribution is 5.95. The average molecular weight is 362 g/mol. The molecule has 0 aliphatic carbocycles. The van der Waals surface area contributed by atoms with Crippen LogP contribution < -0.4 is 10.1 Å². The van der Waals surface area contributed by atoms with Crippen LogP contribution in [0.5, 0.6) is 5.75 Å². The Bertz CT molecular complexity index is 970. The number of aromatic nitrogens is 1. The molecule has 0 fully saturated rings. The van der Waals surface area contributed by atoms with Crippen LogP contribution in [0.4, 0.5) is 24.7 Å². The van der Waals surface area contributed by atoms with Gasteiger partial charge in [-0.1, -0.05) is 0 Å². The predicted molar refractivity (Wildman–Crippen MR) is 90.0 cm³/mol. The van der Waals surface area contributed by atoms with E-state index in [0.717, 1.165) is 12.1 Å². The molecule has 0 aliphatic heterocycles. The number of fused-ring (bicyclic) bond motifs is 1. The highest BCUT2D eigenvalue weighted by atomic mass is 19.4. The second-order valence-electron chi connectivity index (χ2n) is 5.45. The summed E-state index contributed by atoms with van der Waals surface area (Å²) >= 11 is 0. The Hall–Kier alpha value is -3.29. The third kappa shape index (κ3) is 3.53. The van der Waals surface area contributed by atoms with Gasteiger partial charge in [-0.3, -0.25) is 0 Å². The maximum Gasteiger partial charge on any atom is 0.416 e. The molecule has 1 heterocycles. The highest BCUT2D eigenvalue weighted by Gasteiger charge is 2.29. The number of nitrogens with zero attached hydrogens (tertiary/aromatic N) is 1. The molecule has 0 amide bonds. The van der Waals surface area contributed by atoms with Gasteiger partial charge in [-0.2, -0.15) is 13.2 Å². The molecule has 0 saturated heterocycles. The van der Waals surface area contributed by atoms with Gasteiger partial charge in [-0.05, 0) is 42.5 Å². The fourth-order valence-electron chi connectivity index (χ4n) is 2.45. The number of methoxy groups -OCH3 is 1. The van der Waals surface area contributed by atoms with Gasteiger partial charge in [0.1, 0.15) is 11.6 Å². The standard InChI is InChI=1S/C18H13F3N2O3/c1-26-15-9-16(22-12-5-3-11(4-6-12)18(19,20)21)23-14-8-10(17(24)25)2-7-13(14)15/h2-9H,1H3,(H,22,23)(H,24,25). The van der Waals surface area contributed by atoms with Gasteiger partial charge in [0.05, 0.1) is 23.8 Å². The van der Waals surface area contributed by atoms with Gasteiger partial charge in [0.15, 0.2) is 0 Å². The highest BCUT2D eigenvalue weighted by Crippen LogP contribution is 2.32. The summed E-state index contributed by atoms with van der Waals surface area (Å²) in [4.78, 5) is 15.4. The van der Waals surface area contributed by atoms with Crippen LogP contribution in [0.15, 0.2) is 48.5 Å². The van der Waals surface area contributed by atoms with Crippen LogP contribution in [0.3, 0.4) is 0 Å². The quantitative estimate of drug-likeness (QED) is 0.704. The molecular formula is C18H13F3N2O3. The van der Waals surface area contributed by atoms with E-state index >= 15 is 0 Å². The van der Waals surface area contributed by atoms with E-state index in [1.165, 1.54) is 31.4 Å². The van der Waals surface area contributed by atoms with E-state index < -0.39 is 17.7 Å². The Morgan fingerprint density at radius 3 is 2.38 bits per heavy atom. The average Bonchev–Trinajstić information content (AvgIpc) is 2.60. The lowest BCUT2D eigenvalue weighted by atomic mass is 10.1. The van der Waals surface area contributed by atoms with Crippen molar-refractivity contribution in [3.05, 3.63) is 59.7 Å². The molecule has 8 heteroatoms. The first kappa shape index (κ1) is 17.5. The molecule has 0 radical (unpaired) electrons. The molecule has 0 spiro atoms. The maximum absolute atomic E-state index is 12.6. The SMILES string of the molecule is COc1cc(Nc2ccc(C(F)(F)F)cc2)nc2cc(C(=O)O)ccc12. The number of halogens is 3. The van der Waals surface area contributed by atoms with Gasteiger partial charge in [0.2, 0.25) is 0 Å². The van der Waals surface area contributed by atoms with Crippen LogP contribution in [-0.2, 0) is 6.18 Å². The summed E-state index contributed by atoms with van der Waals surface area (Å²) in [5.74, 6) is -0.313. The van der Waals surface area contributed by atoms with E-state index in [1.54, 1.807) is 12.1 Å². The largest absolute Gasteiger partial charge is 0.496 e. The number of hydrogen-bond donors (Lipinski definition) is 2. The molecule has 134 valence electrons. The van der Waals surface area contributed by atoms with Crippen LogP contribution in [0.25, 0.3) is 10.9 Å². The van der Waals surface area contributed by atoms with Crippen molar-refractivity contribution in [2.75, 3.05) is 12.4 Å². The van der Waals surface area contributed by atoms with Gasteiger partial charge in [-0.15, -0.1) is 0 Å². The smallest absolute Gasteiger partial charge is 0.416 e. The minimum absolute atomic E-state index is 0.0683. The van der Waals surface area contributed by atoms with Gasteiger partial charge < -0.3 is 15.2 Å². The number of carbonyl (C=O) groups is 1. The summed E-state index contributed by atoms with van der Waals surface area (Å²) in [5, 5.41) is 12.6. The fraction of sp³-hybridized carbons (Fsp3) is 0.111. The Labute approximate surface area is 146 Å². The number of alkyl halides is 3.